The summed E-state index contributed by atoms with van der Waals surface area (Å²) in [6.45, 7) is 10.8. The third-order valence-electron chi connectivity index (χ3n) is 10.7. The van der Waals surface area contributed by atoms with Crippen LogP contribution in [0.1, 0.15) is 86.5 Å². The van der Waals surface area contributed by atoms with Gasteiger partial charge < -0.3 is 9.80 Å². The average molecular weight is 808 g/mol. The second-order valence-electron chi connectivity index (χ2n) is 15.0. The Morgan fingerprint density at radius 2 is 1.33 bits per heavy atom. The van der Waals surface area contributed by atoms with E-state index >= 15 is 0 Å². The molecule has 2 aliphatic rings. The number of hydrogen-bond donors (Lipinski definition) is 0. The van der Waals surface area contributed by atoms with Gasteiger partial charge in [-0.25, -0.2) is 15.0 Å². The summed E-state index contributed by atoms with van der Waals surface area (Å²) in [7, 11) is 0. The zero-order valence-electron chi connectivity index (χ0n) is 33.3. The van der Waals surface area contributed by atoms with E-state index in [-0.39, 0.29) is 35.7 Å². The number of aromatic nitrogens is 2. The van der Waals surface area contributed by atoms with Crippen LogP contribution in [0.3, 0.4) is 0 Å². The molecule has 0 radical (unpaired) electrons. The Balaban J connectivity index is 1.01. The summed E-state index contributed by atoms with van der Waals surface area (Å²) in [5.74, 6) is -1.05. The van der Waals surface area contributed by atoms with Gasteiger partial charge in [0, 0.05) is 37.6 Å². The first kappa shape index (κ1) is 40.6. The van der Waals surface area contributed by atoms with Crippen molar-refractivity contribution in [2.24, 2.45) is 10.9 Å². The highest BCUT2D eigenvalue weighted by atomic mass is 32.1. The number of carbonyl (C=O) groups is 3. The molecule has 2 saturated heterocycles. The minimum absolute atomic E-state index is 0.00767. The van der Waals surface area contributed by atoms with Crippen LogP contribution < -0.4 is 0 Å². The molecule has 3 atom stereocenters. The van der Waals surface area contributed by atoms with Crippen molar-refractivity contribution in [1.82, 2.24) is 19.8 Å². The summed E-state index contributed by atoms with van der Waals surface area (Å²) in [6, 6.07) is 26.5. The number of nitrogens with zero attached hydrogens (tertiary/aromatic N) is 5. The Kier molecular flexibility index (Phi) is 13.2. The maximum atomic E-state index is 14.1. The molecule has 0 saturated carbocycles. The van der Waals surface area contributed by atoms with Crippen molar-refractivity contribution in [2.75, 3.05) is 13.1 Å². The van der Waals surface area contributed by atoms with Gasteiger partial charge in [-0.1, -0.05) is 124 Å². The number of aliphatic imine (C=N–C) groups is 1. The first-order chi connectivity index (χ1) is 28.2. The Labute approximate surface area is 349 Å². The van der Waals surface area contributed by atoms with Crippen molar-refractivity contribution in [1.29, 1.82) is 0 Å². The number of likely N-dealkylation sites (tertiary alicyclic amines) is 2. The number of allylic oxidation sites excluding steroid dienone is 4. The van der Waals surface area contributed by atoms with Crippen molar-refractivity contribution >= 4 is 46.6 Å². The van der Waals surface area contributed by atoms with Crippen LogP contribution in [0.4, 0.5) is 0 Å². The zero-order chi connectivity index (χ0) is 40.6. The molecule has 4 heterocycles. The minimum Gasteiger partial charge on any atom is -0.333 e. The number of carbonyl (C=O) groups excluding carboxylic acids is 3. The van der Waals surface area contributed by atoms with E-state index in [2.05, 4.69) is 60.1 Å². The molecule has 296 valence electrons. The lowest BCUT2D eigenvalue weighted by Crippen LogP contribution is -2.35. The second-order valence-corrected chi connectivity index (χ2v) is 17.2. The summed E-state index contributed by atoms with van der Waals surface area (Å²) in [6.07, 6.45) is 16.9. The quantitative estimate of drug-likeness (QED) is 0.0872. The second kappa shape index (κ2) is 18.8. The first-order valence-electron chi connectivity index (χ1n) is 20.0. The summed E-state index contributed by atoms with van der Waals surface area (Å²) >= 11 is 3.29. The van der Waals surface area contributed by atoms with Crippen molar-refractivity contribution < 1.29 is 14.4 Å². The van der Waals surface area contributed by atoms with Crippen LogP contribution in [0.2, 0.25) is 0 Å². The first-order valence-corrected chi connectivity index (χ1v) is 21.7. The third kappa shape index (κ3) is 9.24. The molecule has 2 aliphatic heterocycles. The fourth-order valence-electron chi connectivity index (χ4n) is 7.66. The molecule has 8 nitrogen and oxygen atoms in total. The van der Waals surface area contributed by atoms with Gasteiger partial charge in [-0.15, -0.1) is 22.7 Å². The van der Waals surface area contributed by atoms with Gasteiger partial charge in [0.1, 0.15) is 10.0 Å². The lowest BCUT2D eigenvalue weighted by atomic mass is 9.98. The number of amides is 3. The van der Waals surface area contributed by atoms with Gasteiger partial charge >= 0.3 is 0 Å². The molecule has 5 aromatic rings. The molecule has 2 aromatic heterocycles. The van der Waals surface area contributed by atoms with Crippen molar-refractivity contribution in [3.63, 3.8) is 0 Å². The van der Waals surface area contributed by atoms with Crippen molar-refractivity contribution in [3.8, 4) is 32.0 Å². The smallest absolute Gasteiger partial charge is 0.247 e. The number of benzene rings is 3. The summed E-state index contributed by atoms with van der Waals surface area (Å²) < 4.78 is 0. The van der Waals surface area contributed by atoms with Crippen LogP contribution >= 0.6 is 22.7 Å². The van der Waals surface area contributed by atoms with Gasteiger partial charge in [0.05, 0.1) is 34.2 Å². The fourth-order valence-corrected chi connectivity index (χ4v) is 9.80. The van der Waals surface area contributed by atoms with Crippen molar-refractivity contribution in [2.45, 2.75) is 70.9 Å². The SMILES string of the molecule is C=C/C=C(\C=C/C)CC(=O)N1CCC[C@H]1c1ncc(-c2ccc(-c3ccc(-c4cnc([C@@H]5CCCN5C(=O)C(C=NC(=O)C(C)C)c5ccccc5)s4)cc3)cc2)s1. The van der Waals surface area contributed by atoms with E-state index in [4.69, 9.17) is 9.97 Å². The van der Waals surface area contributed by atoms with E-state index in [0.717, 1.165) is 85.4 Å². The molecule has 10 heteroatoms. The fraction of sp³-hybridized carbons (Fsp3) is 0.292. The Morgan fingerprint density at radius 1 is 0.793 bits per heavy atom. The lowest BCUT2D eigenvalue weighted by Gasteiger charge is -2.26. The molecule has 0 N–H and O–H groups in total. The van der Waals surface area contributed by atoms with E-state index < -0.39 is 5.92 Å². The van der Waals surface area contributed by atoms with Crippen LogP contribution in [0.5, 0.6) is 0 Å². The third-order valence-corrected chi connectivity index (χ3v) is 13.0. The maximum Gasteiger partial charge on any atom is 0.247 e. The van der Waals surface area contributed by atoms with Crippen LogP contribution in [0, 0.1) is 5.92 Å². The minimum atomic E-state index is -0.641. The monoisotopic (exact) mass is 807 g/mol. The topological polar surface area (TPSA) is 95.8 Å². The summed E-state index contributed by atoms with van der Waals surface area (Å²) in [5.41, 5.74) is 6.19. The van der Waals surface area contributed by atoms with Gasteiger partial charge in [0.2, 0.25) is 17.7 Å². The Hall–Kier alpha value is -5.58. The average Bonchev–Trinajstić information content (AvgIpc) is 4.09. The standard InChI is InChI=1S/C48H49N5O3S2/c1-5-12-33(13-6-2)28-44(54)52-26-10-16-40(52)46-50-30-42(57-46)37-22-18-34(19-23-37)35-20-24-38(25-21-35)43-31-51-47(58-43)41-17-11-27-53(41)48(56)39(29-49-45(55)32(3)4)36-14-8-7-9-15-36/h5-9,12-15,18-25,29-32,39-41H,1,10-11,16-17,26-28H2,2-4H3/b13-6-,33-12+,49-29?/t39?,40-,41-/m0/s1. The largest absolute Gasteiger partial charge is 0.333 e. The lowest BCUT2D eigenvalue weighted by molar-refractivity contribution is -0.132. The highest BCUT2D eigenvalue weighted by Crippen LogP contribution is 2.40. The van der Waals surface area contributed by atoms with Crippen LogP contribution in [0.25, 0.3) is 32.0 Å². The summed E-state index contributed by atoms with van der Waals surface area (Å²) in [4.78, 5) is 59.6. The van der Waals surface area contributed by atoms with Gasteiger partial charge in [-0.05, 0) is 66.0 Å². The van der Waals surface area contributed by atoms with Crippen LogP contribution in [-0.4, -0.2) is 56.8 Å². The number of hydrogen-bond acceptors (Lipinski definition) is 7. The molecular formula is C48H49N5O3S2. The van der Waals surface area contributed by atoms with E-state index in [9.17, 15) is 14.4 Å². The van der Waals surface area contributed by atoms with E-state index in [1.54, 1.807) is 28.7 Å². The van der Waals surface area contributed by atoms with Crippen LogP contribution in [0.15, 0.2) is 133 Å². The normalized spacial score (nSPS) is 17.8. The Bertz CT molecular complexity index is 2320. The van der Waals surface area contributed by atoms with E-state index in [0.29, 0.717) is 13.0 Å². The molecule has 3 amide bonds. The van der Waals surface area contributed by atoms with Gasteiger partial charge in [0.25, 0.3) is 0 Å². The maximum absolute atomic E-state index is 14.1. The molecule has 58 heavy (non-hydrogen) atoms. The number of rotatable bonds is 13. The summed E-state index contributed by atoms with van der Waals surface area (Å²) in [5, 5.41) is 1.90. The zero-order valence-corrected chi connectivity index (χ0v) is 34.9. The van der Waals surface area contributed by atoms with Gasteiger partial charge in [-0.3, -0.25) is 14.4 Å². The Morgan fingerprint density at radius 3 is 1.86 bits per heavy atom. The van der Waals surface area contributed by atoms with E-state index in [1.807, 2.05) is 91.5 Å². The van der Waals surface area contributed by atoms with E-state index in [1.165, 1.54) is 6.21 Å². The molecular weight excluding hydrogens is 759 g/mol. The van der Waals surface area contributed by atoms with Crippen molar-refractivity contribution in [3.05, 3.63) is 143 Å². The molecule has 2 fully saturated rings. The van der Waals surface area contributed by atoms with Crippen LogP contribution in [-0.2, 0) is 14.4 Å². The van der Waals surface area contributed by atoms with Gasteiger partial charge in [-0.2, -0.15) is 0 Å². The van der Waals surface area contributed by atoms with Gasteiger partial charge in [0.15, 0.2) is 0 Å². The number of thiazole rings is 2. The predicted molar refractivity (Wildman–Crippen MR) is 237 cm³/mol. The highest BCUT2D eigenvalue weighted by Gasteiger charge is 2.36. The predicted octanol–water partition coefficient (Wildman–Crippen LogP) is 11.0. The molecule has 0 spiro atoms. The molecule has 3 aromatic carbocycles. The molecule has 0 bridgehead atoms. The molecule has 1 unspecified atom stereocenters. The highest BCUT2D eigenvalue weighted by molar-refractivity contribution is 7.15. The molecule has 7 rings (SSSR count). The molecule has 0 aliphatic carbocycles.